The van der Waals surface area contributed by atoms with Crippen LogP contribution in [0.4, 0.5) is 5.69 Å². The lowest BCUT2D eigenvalue weighted by atomic mass is 10.2. The summed E-state index contributed by atoms with van der Waals surface area (Å²) < 4.78 is 0.609. The molecule has 0 unspecified atom stereocenters. The Hall–Kier alpha value is -1.60. The monoisotopic (exact) mass is 322 g/mol. The van der Waals surface area contributed by atoms with Gasteiger partial charge in [0, 0.05) is 31.4 Å². The van der Waals surface area contributed by atoms with Gasteiger partial charge in [0.2, 0.25) is 0 Å². The minimum absolute atomic E-state index is 0.145. The molecule has 1 aliphatic rings. The predicted molar refractivity (Wildman–Crippen MR) is 76.0 cm³/mol. The van der Waals surface area contributed by atoms with Crippen LogP contribution in [0.1, 0.15) is 16.9 Å². The molecular weight excluding hydrogens is 310 g/mol. The van der Waals surface area contributed by atoms with Gasteiger partial charge < -0.3 is 21.4 Å². The second kappa shape index (κ2) is 4.50. The lowest BCUT2D eigenvalue weighted by molar-refractivity contribution is 0.0995. The number of halogens is 1. The van der Waals surface area contributed by atoms with Gasteiger partial charge in [-0.3, -0.25) is 4.79 Å². The van der Waals surface area contributed by atoms with Crippen LogP contribution in [0.2, 0.25) is 0 Å². The second-order valence-electron chi connectivity index (χ2n) is 4.64. The zero-order chi connectivity index (χ0) is 13.6. The molecular formula is C12H13BrN5O. The first-order valence-electron chi connectivity index (χ1n) is 5.96. The SMILES string of the molecule is NC(=O)c1nc2[nH]c[c]c2c(N2CC[C@@H](N)C2)c1Br. The number of fused-ring (bicyclic) bond motifs is 1. The van der Waals surface area contributed by atoms with Gasteiger partial charge in [0.1, 0.15) is 11.3 Å². The van der Waals surface area contributed by atoms with Crippen LogP contribution >= 0.6 is 15.9 Å². The number of aromatic nitrogens is 2. The van der Waals surface area contributed by atoms with Crippen molar-refractivity contribution in [3.8, 4) is 0 Å². The fourth-order valence-electron chi connectivity index (χ4n) is 2.42. The highest BCUT2D eigenvalue weighted by Gasteiger charge is 2.26. The summed E-state index contributed by atoms with van der Waals surface area (Å²) in [5.41, 5.74) is 13.0. The Morgan fingerprint density at radius 2 is 2.42 bits per heavy atom. The number of anilines is 1. The van der Waals surface area contributed by atoms with E-state index in [1.165, 1.54) is 0 Å². The van der Waals surface area contributed by atoms with E-state index in [9.17, 15) is 4.79 Å². The quantitative estimate of drug-likeness (QED) is 0.759. The van der Waals surface area contributed by atoms with Gasteiger partial charge in [-0.1, -0.05) is 0 Å². The normalized spacial score (nSPS) is 19.3. The van der Waals surface area contributed by atoms with Gasteiger partial charge >= 0.3 is 0 Å². The van der Waals surface area contributed by atoms with Crippen molar-refractivity contribution in [2.24, 2.45) is 11.5 Å². The number of carbonyl (C=O) groups is 1. The van der Waals surface area contributed by atoms with Crippen LogP contribution in [0.25, 0.3) is 11.0 Å². The van der Waals surface area contributed by atoms with Crippen molar-refractivity contribution in [2.75, 3.05) is 18.0 Å². The Kier molecular flexibility index (Phi) is 2.94. The van der Waals surface area contributed by atoms with Crippen LogP contribution in [0.3, 0.4) is 0 Å². The van der Waals surface area contributed by atoms with Gasteiger partial charge in [-0.25, -0.2) is 4.98 Å². The van der Waals surface area contributed by atoms with E-state index in [4.69, 9.17) is 11.5 Å². The summed E-state index contributed by atoms with van der Waals surface area (Å²) in [7, 11) is 0. The van der Waals surface area contributed by atoms with Crippen LogP contribution in [0.5, 0.6) is 0 Å². The molecule has 7 heteroatoms. The first-order chi connectivity index (χ1) is 9.08. The lowest BCUT2D eigenvalue weighted by Crippen LogP contribution is -2.27. The minimum atomic E-state index is -0.562. The van der Waals surface area contributed by atoms with E-state index in [1.807, 2.05) is 0 Å². The first kappa shape index (κ1) is 12.4. The largest absolute Gasteiger partial charge is 0.368 e. The molecule has 3 heterocycles. The molecule has 5 N–H and O–H groups in total. The maximum Gasteiger partial charge on any atom is 0.268 e. The summed E-state index contributed by atoms with van der Waals surface area (Å²) in [6.07, 6.45) is 2.60. The van der Waals surface area contributed by atoms with Gasteiger partial charge in [-0.2, -0.15) is 0 Å². The summed E-state index contributed by atoms with van der Waals surface area (Å²) in [5.74, 6) is -0.562. The standard InChI is InChI=1S/C12H13BrN5O/c13-8-9(11(15)19)17-12-7(1-3-16-12)10(8)18-4-2-6(14)5-18/h3,6H,2,4-5,14H2,(H2,15,19)(H,16,17)/t6-/m1/s1. The molecule has 6 nitrogen and oxygen atoms in total. The van der Waals surface area contributed by atoms with Crippen LogP contribution in [0.15, 0.2) is 10.7 Å². The number of hydrogen-bond donors (Lipinski definition) is 3. The smallest absolute Gasteiger partial charge is 0.268 e. The van der Waals surface area contributed by atoms with Crippen LogP contribution in [-0.2, 0) is 0 Å². The lowest BCUT2D eigenvalue weighted by Gasteiger charge is -2.21. The molecule has 0 aliphatic carbocycles. The third-order valence-corrected chi connectivity index (χ3v) is 4.06. The number of nitrogens with one attached hydrogen (secondary N) is 1. The second-order valence-corrected chi connectivity index (χ2v) is 5.43. The van der Waals surface area contributed by atoms with Gasteiger partial charge in [0.25, 0.3) is 5.91 Å². The fourth-order valence-corrected chi connectivity index (χ4v) is 3.15. The van der Waals surface area contributed by atoms with E-state index < -0.39 is 5.91 Å². The van der Waals surface area contributed by atoms with Crippen molar-refractivity contribution in [3.05, 3.63) is 22.4 Å². The number of carbonyl (C=O) groups excluding carboxylic acids is 1. The van der Waals surface area contributed by atoms with E-state index in [0.717, 1.165) is 30.6 Å². The number of nitrogens with two attached hydrogens (primary N) is 2. The van der Waals surface area contributed by atoms with E-state index in [0.29, 0.717) is 10.1 Å². The van der Waals surface area contributed by atoms with Crippen molar-refractivity contribution in [2.45, 2.75) is 12.5 Å². The molecule has 1 atom stereocenters. The number of H-pyrrole nitrogens is 1. The van der Waals surface area contributed by atoms with Gasteiger partial charge in [0.05, 0.1) is 15.5 Å². The minimum Gasteiger partial charge on any atom is -0.368 e. The number of hydrogen-bond acceptors (Lipinski definition) is 4. The van der Waals surface area contributed by atoms with Gasteiger partial charge in [-0.15, -0.1) is 0 Å². The molecule has 2 aromatic rings. The number of nitrogens with zero attached hydrogens (tertiary/aromatic N) is 2. The third-order valence-electron chi connectivity index (χ3n) is 3.31. The highest BCUT2D eigenvalue weighted by Crippen LogP contribution is 2.36. The van der Waals surface area contributed by atoms with E-state index >= 15 is 0 Å². The van der Waals surface area contributed by atoms with Crippen molar-refractivity contribution in [1.82, 2.24) is 9.97 Å². The average Bonchev–Trinajstić information content (AvgIpc) is 2.96. The summed E-state index contributed by atoms with van der Waals surface area (Å²) in [6, 6.07) is 3.25. The molecule has 1 saturated heterocycles. The van der Waals surface area contributed by atoms with E-state index in [-0.39, 0.29) is 11.7 Å². The van der Waals surface area contributed by atoms with Crippen LogP contribution in [0, 0.1) is 6.07 Å². The maximum absolute atomic E-state index is 11.5. The zero-order valence-corrected chi connectivity index (χ0v) is 11.7. The van der Waals surface area contributed by atoms with Crippen molar-refractivity contribution >= 4 is 38.6 Å². The summed E-state index contributed by atoms with van der Waals surface area (Å²) in [5, 5.41) is 0.839. The van der Waals surface area contributed by atoms with Crippen LogP contribution in [-0.4, -0.2) is 35.0 Å². The summed E-state index contributed by atoms with van der Waals surface area (Å²) in [6.45, 7) is 1.59. The van der Waals surface area contributed by atoms with Crippen molar-refractivity contribution < 1.29 is 4.79 Å². The molecule has 99 valence electrons. The molecule has 0 spiro atoms. The van der Waals surface area contributed by atoms with Gasteiger partial charge in [-0.05, 0) is 22.4 Å². The average molecular weight is 323 g/mol. The predicted octanol–water partition coefficient (Wildman–Crippen LogP) is 0.762. The molecule has 0 bridgehead atoms. The maximum atomic E-state index is 11.5. The molecule has 1 radical (unpaired) electrons. The Labute approximate surface area is 118 Å². The molecule has 0 saturated carbocycles. The van der Waals surface area contributed by atoms with Crippen molar-refractivity contribution in [3.63, 3.8) is 0 Å². The van der Waals surface area contributed by atoms with Crippen molar-refractivity contribution in [1.29, 1.82) is 0 Å². The Morgan fingerprint density at radius 1 is 1.63 bits per heavy atom. The third kappa shape index (κ3) is 1.98. The molecule has 2 aromatic heterocycles. The van der Waals surface area contributed by atoms with Gasteiger partial charge in [0.15, 0.2) is 0 Å². The topological polar surface area (TPSA) is 101 Å². The Balaban J connectivity index is 2.23. The molecule has 0 aromatic carbocycles. The first-order valence-corrected chi connectivity index (χ1v) is 6.76. The Bertz CT molecular complexity index is 653. The van der Waals surface area contributed by atoms with Crippen LogP contribution < -0.4 is 16.4 Å². The highest BCUT2D eigenvalue weighted by atomic mass is 79.9. The number of aromatic amines is 1. The zero-order valence-electron chi connectivity index (χ0n) is 10.1. The number of rotatable bonds is 2. The number of pyridine rings is 1. The molecule has 1 aliphatic heterocycles. The number of amides is 1. The highest BCUT2D eigenvalue weighted by molar-refractivity contribution is 9.10. The molecule has 1 fully saturated rings. The molecule has 19 heavy (non-hydrogen) atoms. The van der Waals surface area contributed by atoms with E-state index in [2.05, 4.69) is 36.9 Å². The molecule has 3 rings (SSSR count). The summed E-state index contributed by atoms with van der Waals surface area (Å²) in [4.78, 5) is 20.8. The fraction of sp³-hybridized carbons (Fsp3) is 0.333. The number of primary amides is 1. The van der Waals surface area contributed by atoms with E-state index in [1.54, 1.807) is 6.20 Å². The molecule has 1 amide bonds. The Morgan fingerprint density at radius 3 is 3.05 bits per heavy atom. The summed E-state index contributed by atoms with van der Waals surface area (Å²) >= 11 is 3.44.